The Balaban J connectivity index is 2.84. The van der Waals surface area contributed by atoms with Crippen LogP contribution in [0.3, 0.4) is 0 Å². The molecule has 1 saturated carbocycles. The summed E-state index contributed by atoms with van der Waals surface area (Å²) in [4.78, 5) is 9.39. The molecule has 0 aromatic carbocycles. The van der Waals surface area contributed by atoms with Crippen molar-refractivity contribution in [2.45, 2.75) is 78.3 Å². The summed E-state index contributed by atoms with van der Waals surface area (Å²) in [6, 6.07) is 0. The summed E-state index contributed by atoms with van der Waals surface area (Å²) < 4.78 is 0. The van der Waals surface area contributed by atoms with Crippen molar-refractivity contribution in [1.29, 1.82) is 0 Å². The molecule has 0 radical (unpaired) electrons. The zero-order valence-corrected chi connectivity index (χ0v) is 12.4. The first-order valence-corrected chi connectivity index (χ1v) is 6.75. The summed E-state index contributed by atoms with van der Waals surface area (Å²) in [5.74, 6) is 0. The predicted octanol–water partition coefficient (Wildman–Crippen LogP) is 4.29. The van der Waals surface area contributed by atoms with Gasteiger partial charge in [-0.3, -0.25) is 9.98 Å². The Kier molecular flexibility index (Phi) is 4.16. The number of hydrogen-bond donors (Lipinski definition) is 0. The third-order valence-electron chi connectivity index (χ3n) is 2.95. The van der Waals surface area contributed by atoms with E-state index in [1.807, 2.05) is 0 Å². The second kappa shape index (κ2) is 4.91. The molecule has 0 aliphatic heterocycles. The smallest absolute Gasteiger partial charge is 0.0520 e. The minimum atomic E-state index is 0.0190. The van der Waals surface area contributed by atoms with Gasteiger partial charge < -0.3 is 0 Å². The molecule has 0 aromatic rings. The van der Waals surface area contributed by atoms with Crippen LogP contribution in [0, 0.1) is 5.41 Å². The van der Waals surface area contributed by atoms with Crippen molar-refractivity contribution in [3.8, 4) is 0 Å². The summed E-state index contributed by atoms with van der Waals surface area (Å²) in [6.07, 6.45) is 9.32. The van der Waals surface area contributed by atoms with Crippen LogP contribution in [-0.4, -0.2) is 23.5 Å². The van der Waals surface area contributed by atoms with Gasteiger partial charge in [-0.15, -0.1) is 0 Å². The molecule has 98 valence electrons. The van der Waals surface area contributed by atoms with E-state index in [0.717, 1.165) is 0 Å². The van der Waals surface area contributed by atoms with Crippen LogP contribution in [0.4, 0.5) is 0 Å². The van der Waals surface area contributed by atoms with E-state index >= 15 is 0 Å². The summed E-state index contributed by atoms with van der Waals surface area (Å²) >= 11 is 0. The van der Waals surface area contributed by atoms with Crippen molar-refractivity contribution in [2.75, 3.05) is 0 Å². The van der Waals surface area contributed by atoms with Crippen molar-refractivity contribution in [1.82, 2.24) is 0 Å². The third kappa shape index (κ3) is 5.47. The van der Waals surface area contributed by atoms with Gasteiger partial charge in [-0.1, -0.05) is 12.8 Å². The molecule has 0 atom stereocenters. The van der Waals surface area contributed by atoms with E-state index in [-0.39, 0.29) is 16.5 Å². The predicted molar refractivity (Wildman–Crippen MR) is 77.4 cm³/mol. The highest BCUT2D eigenvalue weighted by molar-refractivity contribution is 5.89. The molecular formula is C15H28N2. The van der Waals surface area contributed by atoms with Crippen LogP contribution in [-0.2, 0) is 0 Å². The van der Waals surface area contributed by atoms with Crippen LogP contribution in [0.2, 0.25) is 0 Å². The lowest BCUT2D eigenvalue weighted by atomic mass is 9.88. The zero-order valence-electron chi connectivity index (χ0n) is 12.4. The van der Waals surface area contributed by atoms with Gasteiger partial charge in [0.15, 0.2) is 0 Å². The molecule has 1 aliphatic rings. The number of hydrogen-bond acceptors (Lipinski definition) is 2. The number of rotatable bonds is 2. The van der Waals surface area contributed by atoms with Gasteiger partial charge in [0.25, 0.3) is 0 Å². The summed E-state index contributed by atoms with van der Waals surface area (Å²) in [5, 5.41) is 0. The highest BCUT2D eigenvalue weighted by atomic mass is 14.9. The Bertz CT molecular complexity index is 268. The van der Waals surface area contributed by atoms with Crippen molar-refractivity contribution < 1.29 is 0 Å². The average Bonchev–Trinajstić information content (AvgIpc) is 2.59. The molecule has 2 nitrogen and oxygen atoms in total. The molecule has 1 aliphatic carbocycles. The van der Waals surface area contributed by atoms with Gasteiger partial charge in [0.1, 0.15) is 0 Å². The van der Waals surface area contributed by atoms with Crippen molar-refractivity contribution in [2.24, 2.45) is 15.4 Å². The van der Waals surface area contributed by atoms with E-state index in [1.165, 1.54) is 25.7 Å². The molecule has 2 heteroatoms. The van der Waals surface area contributed by atoms with Gasteiger partial charge in [0.05, 0.1) is 11.1 Å². The van der Waals surface area contributed by atoms with Gasteiger partial charge in [0, 0.05) is 17.8 Å². The number of aliphatic imine (C=N–C) groups is 2. The van der Waals surface area contributed by atoms with Crippen LogP contribution < -0.4 is 0 Å². The Morgan fingerprint density at radius 2 is 1.12 bits per heavy atom. The fraction of sp³-hybridized carbons (Fsp3) is 0.867. The monoisotopic (exact) mass is 236 g/mol. The van der Waals surface area contributed by atoms with E-state index in [2.05, 4.69) is 54.0 Å². The maximum Gasteiger partial charge on any atom is 0.0520 e. The van der Waals surface area contributed by atoms with Crippen LogP contribution >= 0.6 is 0 Å². The minimum absolute atomic E-state index is 0.0190. The molecule has 0 spiro atoms. The molecule has 0 N–H and O–H groups in total. The molecule has 0 aromatic heterocycles. The molecule has 17 heavy (non-hydrogen) atoms. The quantitative estimate of drug-likeness (QED) is 0.639. The Morgan fingerprint density at radius 1 is 0.765 bits per heavy atom. The summed E-state index contributed by atoms with van der Waals surface area (Å²) in [7, 11) is 0. The Morgan fingerprint density at radius 3 is 1.41 bits per heavy atom. The first kappa shape index (κ1) is 14.4. The lowest BCUT2D eigenvalue weighted by molar-refractivity contribution is 0.546. The highest BCUT2D eigenvalue weighted by Crippen LogP contribution is 2.35. The molecule has 0 amide bonds. The fourth-order valence-corrected chi connectivity index (χ4v) is 1.97. The second-order valence-electron chi connectivity index (χ2n) is 7.30. The van der Waals surface area contributed by atoms with E-state index in [9.17, 15) is 0 Å². The first-order chi connectivity index (χ1) is 7.62. The molecule has 0 bridgehead atoms. The van der Waals surface area contributed by atoms with Crippen molar-refractivity contribution in [3.63, 3.8) is 0 Å². The third-order valence-corrected chi connectivity index (χ3v) is 2.95. The van der Waals surface area contributed by atoms with E-state index in [1.54, 1.807) is 0 Å². The van der Waals surface area contributed by atoms with Crippen molar-refractivity contribution >= 4 is 12.4 Å². The van der Waals surface area contributed by atoms with Gasteiger partial charge in [0.2, 0.25) is 0 Å². The SMILES string of the molecule is CC(C)(C)N=CC1(C=NC(C)(C)C)CCCC1. The standard InChI is InChI=1S/C15H28N2/c1-13(2,3)16-11-15(9-7-8-10-15)12-17-14(4,5)6/h11-12H,7-10H2,1-6H3. The molecule has 1 rings (SSSR count). The second-order valence-corrected chi connectivity index (χ2v) is 7.30. The largest absolute Gasteiger partial charge is 0.291 e. The van der Waals surface area contributed by atoms with Gasteiger partial charge >= 0.3 is 0 Å². The zero-order chi connectivity index (χ0) is 13.2. The Hall–Kier alpha value is -0.660. The number of nitrogens with zero attached hydrogens (tertiary/aromatic N) is 2. The van der Waals surface area contributed by atoms with Crippen LogP contribution in [0.1, 0.15) is 67.2 Å². The van der Waals surface area contributed by atoms with Gasteiger partial charge in [-0.25, -0.2) is 0 Å². The van der Waals surface area contributed by atoms with Crippen LogP contribution in [0.15, 0.2) is 9.98 Å². The van der Waals surface area contributed by atoms with Gasteiger partial charge in [-0.2, -0.15) is 0 Å². The highest BCUT2D eigenvalue weighted by Gasteiger charge is 2.31. The minimum Gasteiger partial charge on any atom is -0.291 e. The summed E-state index contributed by atoms with van der Waals surface area (Å²) in [5.41, 5.74) is 0.164. The maximum atomic E-state index is 4.70. The van der Waals surface area contributed by atoms with E-state index < -0.39 is 0 Å². The average molecular weight is 236 g/mol. The molecular weight excluding hydrogens is 208 g/mol. The lowest BCUT2D eigenvalue weighted by Crippen LogP contribution is -2.25. The molecule has 0 unspecified atom stereocenters. The molecule has 0 saturated heterocycles. The van der Waals surface area contributed by atoms with Crippen LogP contribution in [0.25, 0.3) is 0 Å². The Labute approximate surface area is 107 Å². The van der Waals surface area contributed by atoms with E-state index in [0.29, 0.717) is 0 Å². The van der Waals surface area contributed by atoms with Gasteiger partial charge in [-0.05, 0) is 54.4 Å². The first-order valence-electron chi connectivity index (χ1n) is 6.75. The molecule has 1 fully saturated rings. The van der Waals surface area contributed by atoms with Crippen molar-refractivity contribution in [3.05, 3.63) is 0 Å². The topological polar surface area (TPSA) is 24.7 Å². The normalized spacial score (nSPS) is 21.8. The lowest BCUT2D eigenvalue weighted by Gasteiger charge is -2.23. The van der Waals surface area contributed by atoms with Crippen LogP contribution in [0.5, 0.6) is 0 Å². The maximum absolute atomic E-state index is 4.70. The fourth-order valence-electron chi connectivity index (χ4n) is 1.97. The summed E-state index contributed by atoms with van der Waals surface area (Å²) in [6.45, 7) is 12.9. The molecule has 0 heterocycles. The van der Waals surface area contributed by atoms with E-state index in [4.69, 9.17) is 9.98 Å².